The molecule has 0 aliphatic heterocycles. The minimum Gasteiger partial charge on any atom is -0.442 e. The van der Waals surface area contributed by atoms with E-state index in [0.29, 0.717) is 31.4 Å². The zero-order valence-electron chi connectivity index (χ0n) is 16.5. The molecule has 27 heavy (non-hydrogen) atoms. The molecule has 0 N–H and O–H groups in total. The van der Waals surface area contributed by atoms with Crippen LogP contribution in [-0.2, 0) is 20.7 Å². The summed E-state index contributed by atoms with van der Waals surface area (Å²) in [7, 11) is 1.48. The summed E-state index contributed by atoms with van der Waals surface area (Å²) < 4.78 is 5.28. The molecule has 0 saturated heterocycles. The average molecular weight is 372 g/mol. The van der Waals surface area contributed by atoms with E-state index in [2.05, 4.69) is 5.10 Å². The molecule has 1 amide bonds. The molecule has 1 aromatic carbocycles. The molecule has 1 aromatic rings. The molecule has 1 unspecified atom stereocenters. The van der Waals surface area contributed by atoms with Crippen molar-refractivity contribution in [2.75, 3.05) is 7.05 Å². The number of nitrogens with zero attached hydrogens (tertiary/aromatic N) is 2. The highest BCUT2D eigenvalue weighted by Crippen LogP contribution is 2.22. The number of hydrogen-bond donors (Lipinski definition) is 0. The smallest absolute Gasteiger partial charge is 0.430 e. The summed E-state index contributed by atoms with van der Waals surface area (Å²) >= 11 is 0. The second kappa shape index (κ2) is 8.93. The maximum atomic E-state index is 12.7. The lowest BCUT2D eigenvalue weighted by molar-refractivity contribution is -0.130. The van der Waals surface area contributed by atoms with Crippen molar-refractivity contribution >= 4 is 23.4 Å². The lowest BCUT2D eigenvalue weighted by atomic mass is 9.81. The number of ether oxygens (including phenoxy) is 1. The Morgan fingerprint density at radius 2 is 1.85 bits per heavy atom. The maximum Gasteiger partial charge on any atom is 0.430 e. The number of amides is 1. The molecule has 1 fully saturated rings. The van der Waals surface area contributed by atoms with E-state index in [-0.39, 0.29) is 18.0 Å². The Hall–Kier alpha value is -2.50. The Morgan fingerprint density at radius 1 is 1.19 bits per heavy atom. The van der Waals surface area contributed by atoms with Crippen LogP contribution in [0.1, 0.15) is 52.0 Å². The highest BCUT2D eigenvalue weighted by Gasteiger charge is 2.35. The van der Waals surface area contributed by atoms with E-state index in [4.69, 9.17) is 4.74 Å². The first-order valence-electron chi connectivity index (χ1n) is 9.31. The van der Waals surface area contributed by atoms with Crippen LogP contribution in [0.5, 0.6) is 0 Å². The fraction of sp³-hybridized carbons (Fsp3) is 0.524. The number of hydrazone groups is 1. The van der Waals surface area contributed by atoms with Crippen molar-refractivity contribution in [2.24, 2.45) is 11.0 Å². The summed E-state index contributed by atoms with van der Waals surface area (Å²) in [6, 6.07) is 9.69. The van der Waals surface area contributed by atoms with E-state index in [0.717, 1.165) is 10.6 Å². The topological polar surface area (TPSA) is 76.0 Å². The summed E-state index contributed by atoms with van der Waals surface area (Å²) in [6.07, 6.45) is 1.79. The first-order valence-corrected chi connectivity index (χ1v) is 9.31. The van der Waals surface area contributed by atoms with Crippen LogP contribution in [0.3, 0.4) is 0 Å². The number of aryl methyl sites for hydroxylation is 1. The first-order chi connectivity index (χ1) is 12.7. The third-order valence-corrected chi connectivity index (χ3v) is 4.27. The van der Waals surface area contributed by atoms with Gasteiger partial charge in [-0.3, -0.25) is 9.59 Å². The number of carbonyl (C=O) groups is 3. The van der Waals surface area contributed by atoms with Crippen LogP contribution in [0.2, 0.25) is 0 Å². The quantitative estimate of drug-likeness (QED) is 0.582. The largest absolute Gasteiger partial charge is 0.442 e. The molecular weight excluding hydrogens is 344 g/mol. The van der Waals surface area contributed by atoms with Crippen LogP contribution in [-0.4, -0.2) is 41.0 Å². The lowest BCUT2D eigenvalue weighted by Gasteiger charge is -2.25. The highest BCUT2D eigenvalue weighted by molar-refractivity contribution is 6.22. The van der Waals surface area contributed by atoms with Crippen molar-refractivity contribution in [3.8, 4) is 0 Å². The second-order valence-electron chi connectivity index (χ2n) is 7.80. The molecule has 2 rings (SSSR count). The van der Waals surface area contributed by atoms with Gasteiger partial charge >= 0.3 is 6.09 Å². The third kappa shape index (κ3) is 6.31. The highest BCUT2D eigenvalue weighted by atomic mass is 16.6. The van der Waals surface area contributed by atoms with Crippen molar-refractivity contribution in [1.29, 1.82) is 0 Å². The Kier molecular flexibility index (Phi) is 6.88. The van der Waals surface area contributed by atoms with Gasteiger partial charge in [-0.15, -0.1) is 0 Å². The SMILES string of the molecule is CN(/N=C1/CCCC(=O)C1C(=O)CCc1ccccc1)C(=O)OC(C)(C)C. The number of hydrogen-bond acceptors (Lipinski definition) is 5. The van der Waals surface area contributed by atoms with Gasteiger partial charge in [-0.25, -0.2) is 9.80 Å². The average Bonchev–Trinajstić information content (AvgIpc) is 2.59. The van der Waals surface area contributed by atoms with Crippen molar-refractivity contribution in [3.63, 3.8) is 0 Å². The van der Waals surface area contributed by atoms with Gasteiger partial charge in [0.05, 0.1) is 5.71 Å². The minimum atomic E-state index is -0.854. The standard InChI is InChI=1S/C21H28N2O4/c1-21(2,3)27-20(26)23(4)22-16-11-8-12-17(24)19(16)18(25)14-13-15-9-6-5-7-10-15/h5-7,9-10,19H,8,11-14H2,1-4H3/b22-16-. The third-order valence-electron chi connectivity index (χ3n) is 4.27. The summed E-state index contributed by atoms with van der Waals surface area (Å²) in [5.74, 6) is -1.11. The predicted molar refractivity (Wildman–Crippen MR) is 104 cm³/mol. The Labute approximate surface area is 160 Å². The van der Waals surface area contributed by atoms with Gasteiger partial charge in [-0.2, -0.15) is 5.10 Å². The molecule has 1 atom stereocenters. The molecule has 0 spiro atoms. The Morgan fingerprint density at radius 3 is 2.48 bits per heavy atom. The molecule has 0 heterocycles. The number of ketones is 2. The number of benzene rings is 1. The summed E-state index contributed by atoms with van der Waals surface area (Å²) in [6.45, 7) is 5.31. The zero-order valence-corrected chi connectivity index (χ0v) is 16.5. The minimum absolute atomic E-state index is 0.115. The normalized spacial score (nSPS) is 19.0. The van der Waals surface area contributed by atoms with E-state index >= 15 is 0 Å². The molecule has 6 heteroatoms. The molecule has 0 radical (unpaired) electrons. The fourth-order valence-electron chi connectivity index (χ4n) is 3.01. The fourth-order valence-corrected chi connectivity index (χ4v) is 3.01. The Balaban J connectivity index is 2.10. The predicted octanol–water partition coefficient (Wildman–Crippen LogP) is 3.78. The van der Waals surface area contributed by atoms with Crippen LogP contribution in [0.25, 0.3) is 0 Å². The van der Waals surface area contributed by atoms with Gasteiger partial charge in [0.2, 0.25) is 0 Å². The molecule has 1 aliphatic carbocycles. The number of carbonyl (C=O) groups excluding carboxylic acids is 3. The van der Waals surface area contributed by atoms with Gasteiger partial charge in [0.15, 0.2) is 0 Å². The van der Waals surface area contributed by atoms with Gasteiger partial charge < -0.3 is 4.74 Å². The molecule has 0 aromatic heterocycles. The van der Waals surface area contributed by atoms with Crippen LogP contribution in [0.15, 0.2) is 35.4 Å². The van der Waals surface area contributed by atoms with Crippen molar-refractivity contribution in [3.05, 3.63) is 35.9 Å². The van der Waals surface area contributed by atoms with E-state index in [1.54, 1.807) is 20.8 Å². The lowest BCUT2D eigenvalue weighted by Crippen LogP contribution is -2.38. The van der Waals surface area contributed by atoms with Crippen molar-refractivity contribution < 1.29 is 19.1 Å². The van der Waals surface area contributed by atoms with Crippen molar-refractivity contribution in [2.45, 2.75) is 58.5 Å². The maximum absolute atomic E-state index is 12.7. The molecule has 1 aliphatic rings. The van der Waals surface area contributed by atoms with E-state index in [1.807, 2.05) is 30.3 Å². The van der Waals surface area contributed by atoms with Gasteiger partial charge in [0, 0.05) is 19.9 Å². The summed E-state index contributed by atoms with van der Waals surface area (Å²) in [5, 5.41) is 5.34. The summed E-state index contributed by atoms with van der Waals surface area (Å²) in [4.78, 5) is 37.3. The van der Waals surface area contributed by atoms with Gasteiger partial charge in [0.25, 0.3) is 0 Å². The molecular formula is C21H28N2O4. The first kappa shape index (κ1) is 20.8. The molecule has 0 bridgehead atoms. The monoisotopic (exact) mass is 372 g/mol. The molecule has 1 saturated carbocycles. The van der Waals surface area contributed by atoms with E-state index in [1.165, 1.54) is 7.05 Å². The molecule has 6 nitrogen and oxygen atoms in total. The van der Waals surface area contributed by atoms with E-state index < -0.39 is 17.6 Å². The number of rotatable bonds is 5. The van der Waals surface area contributed by atoms with Gasteiger partial charge in [-0.05, 0) is 45.6 Å². The van der Waals surface area contributed by atoms with Gasteiger partial charge in [-0.1, -0.05) is 30.3 Å². The Bertz CT molecular complexity index is 719. The number of Topliss-reactive ketones (excluding diaryl/α,β-unsaturated/α-hetero) is 2. The van der Waals surface area contributed by atoms with Crippen molar-refractivity contribution in [1.82, 2.24) is 5.01 Å². The second-order valence-corrected chi connectivity index (χ2v) is 7.80. The zero-order chi connectivity index (χ0) is 20.0. The molecule has 146 valence electrons. The van der Waals surface area contributed by atoms with Crippen LogP contribution in [0.4, 0.5) is 4.79 Å². The van der Waals surface area contributed by atoms with E-state index in [9.17, 15) is 14.4 Å². The van der Waals surface area contributed by atoms with Gasteiger partial charge in [0.1, 0.15) is 23.1 Å². The summed E-state index contributed by atoms with van der Waals surface area (Å²) in [5.41, 5.74) is 0.870. The van der Waals surface area contributed by atoms with Crippen LogP contribution < -0.4 is 0 Å². The van der Waals surface area contributed by atoms with Crippen LogP contribution >= 0.6 is 0 Å². The van der Waals surface area contributed by atoms with Crippen LogP contribution in [0, 0.1) is 5.92 Å².